The van der Waals surface area contributed by atoms with Gasteiger partial charge in [-0.15, -0.1) is 0 Å². The molecular weight excluding hydrogens is 365 g/mol. The molecule has 2 atom stereocenters. The molecule has 3 rings (SSSR count). The van der Waals surface area contributed by atoms with E-state index in [1.807, 2.05) is 27.7 Å². The molecule has 7 heteroatoms. The van der Waals surface area contributed by atoms with Crippen LogP contribution in [-0.2, 0) is 12.0 Å². The van der Waals surface area contributed by atoms with Crippen molar-refractivity contribution in [1.82, 2.24) is 19.7 Å². The lowest BCUT2D eigenvalue weighted by molar-refractivity contribution is 0.112. The summed E-state index contributed by atoms with van der Waals surface area (Å²) in [7, 11) is 0. The minimum Gasteiger partial charge on any atom is -0.258 e. The first-order chi connectivity index (χ1) is 13.2. The third kappa shape index (κ3) is 3.41. The summed E-state index contributed by atoms with van der Waals surface area (Å²) in [6.07, 6.45) is 4.43. The molecule has 0 fully saturated rings. The number of rotatable bonds is 5. The molecule has 0 saturated heterocycles. The lowest BCUT2D eigenvalue weighted by Gasteiger charge is -2.49. The Morgan fingerprint density at radius 3 is 2.39 bits per heavy atom. The van der Waals surface area contributed by atoms with Gasteiger partial charge in [-0.2, -0.15) is 5.10 Å². The molecule has 148 valence electrons. The van der Waals surface area contributed by atoms with Gasteiger partial charge in [-0.1, -0.05) is 33.8 Å². The maximum atomic E-state index is 15.1. The fourth-order valence-corrected chi connectivity index (χ4v) is 4.12. The third-order valence-corrected chi connectivity index (χ3v) is 5.56. The largest absolute Gasteiger partial charge is 0.258 e. The Balaban J connectivity index is 2.31. The minimum absolute atomic E-state index is 0.218. The molecule has 4 nitrogen and oxygen atoms in total. The Bertz CT molecular complexity index is 951. The van der Waals surface area contributed by atoms with Crippen LogP contribution < -0.4 is 0 Å². The summed E-state index contributed by atoms with van der Waals surface area (Å²) >= 11 is 0. The van der Waals surface area contributed by atoms with E-state index in [1.54, 1.807) is 4.68 Å². The molecule has 0 N–H and O–H groups in total. The van der Waals surface area contributed by atoms with Crippen LogP contribution in [0.1, 0.15) is 44.9 Å². The van der Waals surface area contributed by atoms with Crippen molar-refractivity contribution in [2.24, 2.45) is 5.41 Å². The fourth-order valence-electron chi connectivity index (χ4n) is 4.12. The molecule has 0 saturated carbocycles. The van der Waals surface area contributed by atoms with Crippen LogP contribution in [0.25, 0.3) is 0 Å². The topological polar surface area (TPSA) is 43.6 Å². The maximum absolute atomic E-state index is 15.1. The quantitative estimate of drug-likeness (QED) is 0.626. The average molecular weight is 388 g/mol. The molecule has 0 amide bonds. The predicted octanol–water partition coefficient (Wildman–Crippen LogP) is 4.88. The van der Waals surface area contributed by atoms with Crippen LogP contribution in [0.15, 0.2) is 49.2 Å². The van der Waals surface area contributed by atoms with Gasteiger partial charge in [-0.3, -0.25) is 9.67 Å². The van der Waals surface area contributed by atoms with Crippen molar-refractivity contribution in [3.63, 3.8) is 0 Å². The zero-order valence-electron chi connectivity index (χ0n) is 16.3. The van der Waals surface area contributed by atoms with E-state index in [1.165, 1.54) is 43.1 Å². The Morgan fingerprint density at radius 1 is 1.07 bits per heavy atom. The van der Waals surface area contributed by atoms with Crippen molar-refractivity contribution in [2.75, 3.05) is 0 Å². The molecule has 1 aromatic carbocycles. The zero-order chi connectivity index (χ0) is 20.5. The van der Waals surface area contributed by atoms with Crippen molar-refractivity contribution in [2.45, 2.75) is 45.6 Å². The van der Waals surface area contributed by atoms with Crippen LogP contribution in [-0.4, -0.2) is 19.7 Å². The smallest absolute Gasteiger partial charge is 0.144 e. The molecule has 0 bridgehead atoms. The first-order valence-electron chi connectivity index (χ1n) is 9.05. The molecule has 0 aliphatic carbocycles. The molecule has 0 radical (unpaired) electrons. The van der Waals surface area contributed by atoms with Crippen LogP contribution in [0.2, 0.25) is 0 Å². The fraction of sp³-hybridized carbons (Fsp3) is 0.381. The highest BCUT2D eigenvalue weighted by molar-refractivity contribution is 5.35. The second-order valence-corrected chi connectivity index (χ2v) is 8.03. The minimum atomic E-state index is -0.992. The van der Waals surface area contributed by atoms with Gasteiger partial charge >= 0.3 is 0 Å². The highest BCUT2D eigenvalue weighted by Crippen LogP contribution is 2.52. The van der Waals surface area contributed by atoms with Crippen molar-refractivity contribution in [1.29, 1.82) is 0 Å². The number of nitrogens with zero attached hydrogens (tertiary/aromatic N) is 4. The monoisotopic (exact) mass is 388 g/mol. The summed E-state index contributed by atoms with van der Waals surface area (Å²) < 4.78 is 45.0. The molecular formula is C21H23F3N4. The summed E-state index contributed by atoms with van der Waals surface area (Å²) in [6.45, 7) is 7.88. The number of pyridine rings is 1. The molecule has 28 heavy (non-hydrogen) atoms. The number of hydrogen-bond donors (Lipinski definition) is 0. The third-order valence-electron chi connectivity index (χ3n) is 5.56. The molecule has 0 spiro atoms. The van der Waals surface area contributed by atoms with Gasteiger partial charge in [0.1, 0.15) is 30.1 Å². The van der Waals surface area contributed by atoms with Gasteiger partial charge in [-0.25, -0.2) is 18.2 Å². The number of aromatic nitrogens is 4. The van der Waals surface area contributed by atoms with Crippen LogP contribution in [0.4, 0.5) is 13.2 Å². The normalized spacial score (nSPS) is 15.2. The Labute approximate surface area is 162 Å². The van der Waals surface area contributed by atoms with Crippen molar-refractivity contribution in [3.05, 3.63) is 77.9 Å². The Morgan fingerprint density at radius 2 is 1.82 bits per heavy atom. The Hall–Kier alpha value is -2.70. The van der Waals surface area contributed by atoms with Crippen molar-refractivity contribution >= 4 is 0 Å². The van der Waals surface area contributed by atoms with Crippen molar-refractivity contribution < 1.29 is 13.2 Å². The summed E-state index contributed by atoms with van der Waals surface area (Å²) in [6, 6.07) is 6.37. The molecule has 2 aromatic heterocycles. The van der Waals surface area contributed by atoms with Crippen LogP contribution in [0.3, 0.4) is 0 Å². The zero-order valence-corrected chi connectivity index (χ0v) is 16.3. The standard InChI is InChI=1S/C21H23F3N4/c1-14(19-17(23)6-5-9-26-19)21(20(2,3)4,11-28-13-25-12-27-28)16-8-7-15(22)10-18(16)24/h5-10,12-14H,11H2,1-4H3. The van der Waals surface area contributed by atoms with E-state index in [0.717, 1.165) is 6.07 Å². The van der Waals surface area contributed by atoms with Gasteiger partial charge in [-0.05, 0) is 29.2 Å². The van der Waals surface area contributed by atoms with E-state index in [0.29, 0.717) is 0 Å². The van der Waals surface area contributed by atoms with Gasteiger partial charge in [0.2, 0.25) is 0 Å². The van der Waals surface area contributed by atoms with Crippen LogP contribution >= 0.6 is 0 Å². The summed E-state index contributed by atoms with van der Waals surface area (Å²) in [5, 5.41) is 4.18. The molecule has 2 heterocycles. The number of halogens is 3. The van der Waals surface area contributed by atoms with E-state index in [2.05, 4.69) is 15.1 Å². The summed E-state index contributed by atoms with van der Waals surface area (Å²) in [4.78, 5) is 8.22. The van der Waals surface area contributed by atoms with E-state index in [4.69, 9.17) is 0 Å². The maximum Gasteiger partial charge on any atom is 0.144 e. The molecule has 3 aromatic rings. The summed E-state index contributed by atoms with van der Waals surface area (Å²) in [5.74, 6) is -2.36. The molecule has 2 unspecified atom stereocenters. The molecule has 0 aliphatic rings. The van der Waals surface area contributed by atoms with Gasteiger partial charge < -0.3 is 0 Å². The van der Waals surface area contributed by atoms with E-state index in [9.17, 15) is 8.78 Å². The molecule has 0 aliphatic heterocycles. The van der Waals surface area contributed by atoms with Gasteiger partial charge in [0.25, 0.3) is 0 Å². The van der Waals surface area contributed by atoms with Gasteiger partial charge in [0.05, 0.1) is 12.2 Å². The van der Waals surface area contributed by atoms with Gasteiger partial charge in [0, 0.05) is 23.6 Å². The van der Waals surface area contributed by atoms with Gasteiger partial charge in [0.15, 0.2) is 0 Å². The second-order valence-electron chi connectivity index (χ2n) is 8.03. The highest BCUT2D eigenvalue weighted by atomic mass is 19.1. The number of benzene rings is 1. The first-order valence-corrected chi connectivity index (χ1v) is 9.05. The average Bonchev–Trinajstić information content (AvgIpc) is 3.12. The SMILES string of the molecule is CC(c1ncccc1F)C(Cn1cncn1)(c1ccc(F)cc1F)C(C)(C)C. The first kappa shape index (κ1) is 20.0. The lowest BCUT2D eigenvalue weighted by atomic mass is 9.55. The van der Waals surface area contributed by atoms with Crippen LogP contribution in [0, 0.1) is 22.9 Å². The Kier molecular flexibility index (Phi) is 5.28. The van der Waals surface area contributed by atoms with E-state index < -0.39 is 34.2 Å². The lowest BCUT2D eigenvalue weighted by Crippen LogP contribution is -2.49. The second kappa shape index (κ2) is 7.37. The van der Waals surface area contributed by atoms with Crippen LogP contribution in [0.5, 0.6) is 0 Å². The van der Waals surface area contributed by atoms with E-state index >= 15 is 4.39 Å². The number of hydrogen-bond acceptors (Lipinski definition) is 3. The predicted molar refractivity (Wildman–Crippen MR) is 100 cm³/mol. The van der Waals surface area contributed by atoms with Crippen molar-refractivity contribution in [3.8, 4) is 0 Å². The summed E-state index contributed by atoms with van der Waals surface area (Å²) in [5.41, 5.74) is -1.05. The van der Waals surface area contributed by atoms with E-state index in [-0.39, 0.29) is 17.8 Å². The highest BCUT2D eigenvalue weighted by Gasteiger charge is 2.51.